The predicted molar refractivity (Wildman–Crippen MR) is 110 cm³/mol. The van der Waals surface area contributed by atoms with E-state index in [4.69, 9.17) is 4.74 Å². The molecule has 1 atom stereocenters. The fraction of sp³-hybridized carbons (Fsp3) is 0.263. The maximum atomic E-state index is 12.9. The van der Waals surface area contributed by atoms with Crippen molar-refractivity contribution >= 4 is 44.6 Å². The van der Waals surface area contributed by atoms with Crippen molar-refractivity contribution < 1.29 is 9.53 Å². The van der Waals surface area contributed by atoms with Gasteiger partial charge in [0.05, 0.1) is 29.7 Å². The van der Waals surface area contributed by atoms with Crippen LogP contribution in [0.25, 0.3) is 11.0 Å². The van der Waals surface area contributed by atoms with Gasteiger partial charge in [-0.3, -0.25) is 4.79 Å². The van der Waals surface area contributed by atoms with E-state index in [-0.39, 0.29) is 11.9 Å². The number of nitrogens with one attached hydrogen (secondary N) is 2. The molecule has 0 saturated heterocycles. The van der Waals surface area contributed by atoms with Crippen LogP contribution in [-0.4, -0.2) is 35.0 Å². The lowest BCUT2D eigenvalue weighted by atomic mass is 10.1. The van der Waals surface area contributed by atoms with Crippen molar-refractivity contribution in [1.82, 2.24) is 15.3 Å². The maximum Gasteiger partial charge on any atom is 0.253 e. The lowest BCUT2D eigenvalue weighted by Gasteiger charge is -2.17. The van der Waals surface area contributed by atoms with Crippen molar-refractivity contribution in [1.29, 1.82) is 0 Å². The van der Waals surface area contributed by atoms with Crippen molar-refractivity contribution in [2.75, 3.05) is 19.1 Å². The highest BCUT2D eigenvalue weighted by Gasteiger charge is 2.20. The Morgan fingerprint density at radius 1 is 1.35 bits per heavy atom. The highest BCUT2D eigenvalue weighted by Crippen LogP contribution is 2.25. The van der Waals surface area contributed by atoms with Crippen molar-refractivity contribution in [3.8, 4) is 5.75 Å². The van der Waals surface area contributed by atoms with Crippen molar-refractivity contribution in [3.05, 3.63) is 58.3 Å². The van der Waals surface area contributed by atoms with Crippen molar-refractivity contribution in [2.24, 2.45) is 0 Å². The number of carbonyl (C=O) groups is 1. The lowest BCUT2D eigenvalue weighted by Crippen LogP contribution is -2.30. The molecule has 0 fully saturated rings. The van der Waals surface area contributed by atoms with Crippen LogP contribution in [0.3, 0.4) is 0 Å². The number of carbonyl (C=O) groups excluding carboxylic acids is 1. The summed E-state index contributed by atoms with van der Waals surface area (Å²) in [6.07, 6.45) is 2.84. The molecule has 0 bridgehead atoms. The molecule has 1 amide bonds. The van der Waals surface area contributed by atoms with Crippen molar-refractivity contribution in [3.63, 3.8) is 0 Å². The van der Waals surface area contributed by atoms with E-state index in [0.29, 0.717) is 11.3 Å². The number of nitrogens with zero attached hydrogens (tertiary/aromatic N) is 1. The van der Waals surface area contributed by atoms with Gasteiger partial charge in [0.2, 0.25) is 0 Å². The van der Waals surface area contributed by atoms with Crippen molar-refractivity contribution in [2.45, 2.75) is 12.5 Å². The summed E-state index contributed by atoms with van der Waals surface area (Å²) in [5, 5.41) is 3.11. The van der Waals surface area contributed by atoms with Crippen LogP contribution in [0, 0.1) is 0 Å². The first-order valence-electron chi connectivity index (χ1n) is 8.20. The Bertz CT molecular complexity index is 880. The van der Waals surface area contributed by atoms with Gasteiger partial charge >= 0.3 is 0 Å². The zero-order chi connectivity index (χ0) is 18.5. The Hall–Kier alpha value is -1.99. The monoisotopic (exact) mass is 433 g/mol. The number of para-hydroxylation sites is 2. The zero-order valence-electron chi connectivity index (χ0n) is 14.6. The molecule has 1 unspecified atom stereocenters. The summed E-state index contributed by atoms with van der Waals surface area (Å²) in [5.74, 6) is 2.17. The summed E-state index contributed by atoms with van der Waals surface area (Å²) in [4.78, 5) is 20.8. The lowest BCUT2D eigenvalue weighted by molar-refractivity contribution is 0.0933. The average Bonchev–Trinajstić information content (AvgIpc) is 3.09. The molecule has 1 heterocycles. The fourth-order valence-electron chi connectivity index (χ4n) is 2.69. The number of benzene rings is 2. The largest absolute Gasteiger partial charge is 0.497 e. The van der Waals surface area contributed by atoms with Gasteiger partial charge in [-0.05, 0) is 64.7 Å². The third-order valence-corrected chi connectivity index (χ3v) is 5.41. The van der Waals surface area contributed by atoms with Gasteiger partial charge in [0.15, 0.2) is 0 Å². The number of methoxy groups -OCH3 is 1. The first kappa shape index (κ1) is 18.8. The van der Waals surface area contributed by atoms with E-state index in [1.165, 1.54) is 0 Å². The molecule has 3 rings (SSSR count). The first-order valence-corrected chi connectivity index (χ1v) is 10.4. The quantitative estimate of drug-likeness (QED) is 0.572. The predicted octanol–water partition coefficient (Wildman–Crippen LogP) is 4.56. The second-order valence-corrected chi connectivity index (χ2v) is 7.63. The highest BCUT2D eigenvalue weighted by molar-refractivity contribution is 9.10. The van der Waals surface area contributed by atoms with Crippen LogP contribution >= 0.6 is 27.7 Å². The van der Waals surface area contributed by atoms with E-state index in [2.05, 4.69) is 37.5 Å². The summed E-state index contributed by atoms with van der Waals surface area (Å²) in [5.41, 5.74) is 2.40. The van der Waals surface area contributed by atoms with Gasteiger partial charge in [-0.1, -0.05) is 12.1 Å². The van der Waals surface area contributed by atoms with Gasteiger partial charge in [0, 0.05) is 4.47 Å². The second-order valence-electron chi connectivity index (χ2n) is 5.79. The third kappa shape index (κ3) is 4.22. The zero-order valence-corrected chi connectivity index (χ0v) is 17.0. The number of aromatic amines is 1. The Morgan fingerprint density at radius 2 is 2.15 bits per heavy atom. The number of halogens is 1. The highest BCUT2D eigenvalue weighted by atomic mass is 79.9. The minimum atomic E-state index is -0.194. The maximum absolute atomic E-state index is 12.9. The Balaban J connectivity index is 1.87. The number of fused-ring (bicyclic) bond motifs is 1. The van der Waals surface area contributed by atoms with E-state index in [1.807, 2.05) is 36.4 Å². The van der Waals surface area contributed by atoms with E-state index in [1.54, 1.807) is 24.9 Å². The molecule has 3 aromatic rings. The minimum absolute atomic E-state index is 0.165. The summed E-state index contributed by atoms with van der Waals surface area (Å²) in [6, 6.07) is 13.0. The van der Waals surface area contributed by atoms with Crippen LogP contribution in [0.1, 0.15) is 28.6 Å². The SMILES string of the molecule is COc1ccc(Br)c(C(=O)NC(CCSC)c2nc3ccccc3[nH]2)c1. The van der Waals surface area contributed by atoms with Crippen LogP contribution in [-0.2, 0) is 0 Å². The molecule has 0 aliphatic carbocycles. The standard InChI is InChI=1S/C19H20BrN3O2S/c1-25-12-7-8-14(20)13(11-12)19(24)23-17(9-10-26-2)18-21-15-5-3-4-6-16(15)22-18/h3-8,11,17H,9-10H2,1-2H3,(H,21,22)(H,23,24). The van der Waals surface area contributed by atoms with Gasteiger partial charge in [0.25, 0.3) is 5.91 Å². The molecule has 0 aliphatic rings. The number of rotatable bonds is 7. The Kier molecular flexibility index (Phi) is 6.21. The van der Waals surface area contributed by atoms with Gasteiger partial charge < -0.3 is 15.0 Å². The van der Waals surface area contributed by atoms with Crippen LogP contribution in [0.15, 0.2) is 46.9 Å². The molecular weight excluding hydrogens is 414 g/mol. The van der Waals surface area contributed by atoms with Gasteiger partial charge in [0.1, 0.15) is 11.6 Å². The Labute approximate surface area is 165 Å². The summed E-state index contributed by atoms with van der Waals surface area (Å²) in [7, 11) is 1.58. The molecule has 0 spiro atoms. The minimum Gasteiger partial charge on any atom is -0.497 e. The number of imidazole rings is 1. The molecule has 0 aliphatic heterocycles. The summed E-state index contributed by atoms with van der Waals surface area (Å²) < 4.78 is 5.96. The van der Waals surface area contributed by atoms with Crippen LogP contribution in [0.5, 0.6) is 5.75 Å². The summed E-state index contributed by atoms with van der Waals surface area (Å²) in [6.45, 7) is 0. The number of H-pyrrole nitrogens is 1. The number of hydrogen-bond acceptors (Lipinski definition) is 4. The number of amides is 1. The fourth-order valence-corrected chi connectivity index (χ4v) is 3.59. The smallest absolute Gasteiger partial charge is 0.253 e. The molecule has 2 N–H and O–H groups in total. The van der Waals surface area contributed by atoms with Crippen LogP contribution in [0.4, 0.5) is 0 Å². The number of thioether (sulfide) groups is 1. The third-order valence-electron chi connectivity index (χ3n) is 4.07. The van der Waals surface area contributed by atoms with E-state index in [0.717, 1.165) is 33.5 Å². The summed E-state index contributed by atoms with van der Waals surface area (Å²) >= 11 is 5.18. The van der Waals surface area contributed by atoms with E-state index >= 15 is 0 Å². The van der Waals surface area contributed by atoms with Crippen LogP contribution in [0.2, 0.25) is 0 Å². The normalized spacial score (nSPS) is 12.1. The number of hydrogen-bond donors (Lipinski definition) is 2. The number of ether oxygens (including phenoxy) is 1. The molecule has 2 aromatic carbocycles. The molecule has 7 heteroatoms. The molecule has 5 nitrogen and oxygen atoms in total. The Morgan fingerprint density at radius 3 is 2.88 bits per heavy atom. The average molecular weight is 434 g/mol. The molecule has 1 aromatic heterocycles. The van der Waals surface area contributed by atoms with Gasteiger partial charge in [-0.15, -0.1) is 0 Å². The molecule has 0 saturated carbocycles. The molecule has 136 valence electrons. The number of aromatic nitrogens is 2. The molecule has 26 heavy (non-hydrogen) atoms. The topological polar surface area (TPSA) is 67.0 Å². The molecular formula is C19H20BrN3O2S. The second kappa shape index (κ2) is 8.60. The van der Waals surface area contributed by atoms with E-state index in [9.17, 15) is 4.79 Å². The first-order chi connectivity index (χ1) is 12.6. The van der Waals surface area contributed by atoms with Gasteiger partial charge in [-0.25, -0.2) is 4.98 Å². The van der Waals surface area contributed by atoms with Gasteiger partial charge in [-0.2, -0.15) is 11.8 Å². The van der Waals surface area contributed by atoms with Crippen LogP contribution < -0.4 is 10.1 Å². The molecule has 0 radical (unpaired) electrons. The van der Waals surface area contributed by atoms with E-state index < -0.39 is 0 Å².